The molecule has 2 unspecified atom stereocenters. The summed E-state index contributed by atoms with van der Waals surface area (Å²) in [4.78, 5) is 29.1. The molecule has 0 saturated carbocycles. The number of carbonyl (C=O) groups is 2. The standard InChI is InChI=1S/C18H25N3O2/c1-12-8-13(2)10-15(9-12)21-7-5-16(18(21)23)17(22)20-6-3-4-14(20)11-19/h8-10,14,16H,3-7,11,19H2,1-2H3. The van der Waals surface area contributed by atoms with Crippen LogP contribution in [0.5, 0.6) is 0 Å². The van der Waals surface area contributed by atoms with Crippen molar-refractivity contribution in [3.63, 3.8) is 0 Å². The Labute approximate surface area is 137 Å². The van der Waals surface area contributed by atoms with Gasteiger partial charge in [0.25, 0.3) is 0 Å². The minimum absolute atomic E-state index is 0.0326. The van der Waals surface area contributed by atoms with E-state index < -0.39 is 5.92 Å². The summed E-state index contributed by atoms with van der Waals surface area (Å²) in [5.41, 5.74) is 8.92. The summed E-state index contributed by atoms with van der Waals surface area (Å²) in [5.74, 6) is -0.638. The number of nitrogens with zero attached hydrogens (tertiary/aromatic N) is 2. The smallest absolute Gasteiger partial charge is 0.239 e. The largest absolute Gasteiger partial charge is 0.338 e. The van der Waals surface area contributed by atoms with Gasteiger partial charge in [0.2, 0.25) is 11.8 Å². The molecule has 5 nitrogen and oxygen atoms in total. The molecule has 2 aliphatic heterocycles. The number of amides is 2. The third-order valence-electron chi connectivity index (χ3n) is 4.95. The molecule has 0 radical (unpaired) electrons. The number of benzene rings is 1. The zero-order valence-corrected chi connectivity index (χ0v) is 13.9. The first-order valence-corrected chi connectivity index (χ1v) is 8.41. The van der Waals surface area contributed by atoms with E-state index in [0.717, 1.165) is 36.2 Å². The monoisotopic (exact) mass is 315 g/mol. The van der Waals surface area contributed by atoms with Crippen LogP contribution in [0, 0.1) is 19.8 Å². The van der Waals surface area contributed by atoms with E-state index in [1.54, 1.807) is 4.90 Å². The predicted octanol–water partition coefficient (Wildman–Crippen LogP) is 1.61. The Bertz CT molecular complexity index is 608. The average Bonchev–Trinajstić information content (AvgIpc) is 3.11. The van der Waals surface area contributed by atoms with Gasteiger partial charge in [-0.3, -0.25) is 9.59 Å². The van der Waals surface area contributed by atoms with E-state index in [1.807, 2.05) is 30.9 Å². The van der Waals surface area contributed by atoms with E-state index in [9.17, 15) is 9.59 Å². The molecule has 0 bridgehead atoms. The Balaban J connectivity index is 1.77. The van der Waals surface area contributed by atoms with Crippen LogP contribution in [0.2, 0.25) is 0 Å². The number of hydrogen-bond donors (Lipinski definition) is 1. The van der Waals surface area contributed by atoms with Gasteiger partial charge in [-0.25, -0.2) is 0 Å². The molecule has 5 heteroatoms. The van der Waals surface area contributed by atoms with Gasteiger partial charge < -0.3 is 15.5 Å². The van der Waals surface area contributed by atoms with E-state index in [4.69, 9.17) is 5.73 Å². The highest BCUT2D eigenvalue weighted by molar-refractivity contribution is 6.09. The second kappa shape index (κ2) is 6.32. The normalized spacial score (nSPS) is 24.6. The molecule has 2 fully saturated rings. The number of nitrogens with two attached hydrogens (primary N) is 1. The predicted molar refractivity (Wildman–Crippen MR) is 90.2 cm³/mol. The fourth-order valence-corrected chi connectivity index (χ4v) is 3.84. The van der Waals surface area contributed by atoms with Gasteiger partial charge in [0.05, 0.1) is 0 Å². The van der Waals surface area contributed by atoms with Gasteiger partial charge in [-0.2, -0.15) is 0 Å². The lowest BCUT2D eigenvalue weighted by Crippen LogP contribution is -2.45. The van der Waals surface area contributed by atoms with Crippen LogP contribution >= 0.6 is 0 Å². The molecule has 0 aliphatic carbocycles. The van der Waals surface area contributed by atoms with Crippen LogP contribution in [0.15, 0.2) is 18.2 Å². The number of likely N-dealkylation sites (tertiary alicyclic amines) is 1. The minimum atomic E-state index is -0.539. The molecular weight excluding hydrogens is 290 g/mol. The summed E-state index contributed by atoms with van der Waals surface area (Å²) in [7, 11) is 0. The fraction of sp³-hybridized carbons (Fsp3) is 0.556. The van der Waals surface area contributed by atoms with E-state index >= 15 is 0 Å². The second-order valence-corrected chi connectivity index (χ2v) is 6.74. The van der Waals surface area contributed by atoms with Gasteiger partial charge in [0, 0.05) is 31.4 Å². The number of anilines is 1. The summed E-state index contributed by atoms with van der Waals surface area (Å²) >= 11 is 0. The first-order valence-electron chi connectivity index (χ1n) is 8.41. The van der Waals surface area contributed by atoms with Crippen molar-refractivity contribution in [1.29, 1.82) is 0 Å². The van der Waals surface area contributed by atoms with Crippen LogP contribution in [-0.2, 0) is 9.59 Å². The van der Waals surface area contributed by atoms with Crippen LogP contribution in [0.3, 0.4) is 0 Å². The van der Waals surface area contributed by atoms with Gasteiger partial charge in [0.15, 0.2) is 0 Å². The van der Waals surface area contributed by atoms with Crippen molar-refractivity contribution >= 4 is 17.5 Å². The van der Waals surface area contributed by atoms with Crippen molar-refractivity contribution in [1.82, 2.24) is 4.90 Å². The zero-order valence-electron chi connectivity index (χ0n) is 13.9. The molecule has 23 heavy (non-hydrogen) atoms. The van der Waals surface area contributed by atoms with Crippen LogP contribution in [0.1, 0.15) is 30.4 Å². The molecular formula is C18H25N3O2. The Morgan fingerprint density at radius 2 is 1.87 bits per heavy atom. The lowest BCUT2D eigenvalue weighted by molar-refractivity contribution is -0.140. The van der Waals surface area contributed by atoms with Gasteiger partial charge in [-0.15, -0.1) is 0 Å². The molecule has 2 aliphatic rings. The number of rotatable bonds is 3. The van der Waals surface area contributed by atoms with E-state index in [1.165, 1.54) is 0 Å². The van der Waals surface area contributed by atoms with Gasteiger partial charge in [-0.05, 0) is 56.4 Å². The fourth-order valence-electron chi connectivity index (χ4n) is 3.84. The number of aryl methyl sites for hydroxylation is 2. The lowest BCUT2D eigenvalue weighted by atomic mass is 10.1. The molecule has 3 rings (SSSR count). The third kappa shape index (κ3) is 2.98. The van der Waals surface area contributed by atoms with Crippen molar-refractivity contribution < 1.29 is 9.59 Å². The Morgan fingerprint density at radius 1 is 1.17 bits per heavy atom. The second-order valence-electron chi connectivity index (χ2n) is 6.74. The van der Waals surface area contributed by atoms with Crippen molar-refractivity contribution in [2.24, 2.45) is 11.7 Å². The summed E-state index contributed by atoms with van der Waals surface area (Å²) in [6.45, 7) is 5.87. The average molecular weight is 315 g/mol. The third-order valence-corrected chi connectivity index (χ3v) is 4.95. The highest BCUT2D eigenvalue weighted by Gasteiger charge is 2.42. The van der Waals surface area contributed by atoms with Gasteiger partial charge >= 0.3 is 0 Å². The van der Waals surface area contributed by atoms with Crippen LogP contribution in [0.25, 0.3) is 0 Å². The molecule has 2 saturated heterocycles. The number of hydrogen-bond acceptors (Lipinski definition) is 3. The van der Waals surface area contributed by atoms with Crippen molar-refractivity contribution in [2.45, 2.75) is 39.2 Å². The zero-order chi connectivity index (χ0) is 16.6. The van der Waals surface area contributed by atoms with Crippen LogP contribution in [-0.4, -0.2) is 42.4 Å². The first kappa shape index (κ1) is 16.0. The van der Waals surface area contributed by atoms with E-state index in [2.05, 4.69) is 6.07 Å². The maximum Gasteiger partial charge on any atom is 0.239 e. The summed E-state index contributed by atoms with van der Waals surface area (Å²) in [5, 5.41) is 0. The summed E-state index contributed by atoms with van der Waals surface area (Å²) in [6, 6.07) is 6.21. The van der Waals surface area contributed by atoms with Crippen molar-refractivity contribution in [3.8, 4) is 0 Å². The molecule has 2 N–H and O–H groups in total. The summed E-state index contributed by atoms with van der Waals surface area (Å²) in [6.07, 6.45) is 2.53. The van der Waals surface area contributed by atoms with E-state index in [0.29, 0.717) is 19.5 Å². The first-order chi connectivity index (χ1) is 11.0. The molecule has 1 aromatic carbocycles. The molecule has 2 heterocycles. The SMILES string of the molecule is Cc1cc(C)cc(N2CCC(C(=O)N3CCCC3CN)C2=O)c1. The van der Waals surface area contributed by atoms with Crippen molar-refractivity contribution in [2.75, 3.05) is 24.5 Å². The number of carbonyl (C=O) groups excluding carboxylic acids is 2. The van der Waals surface area contributed by atoms with E-state index in [-0.39, 0.29) is 17.9 Å². The topological polar surface area (TPSA) is 66.6 Å². The highest BCUT2D eigenvalue weighted by Crippen LogP contribution is 2.30. The molecule has 0 spiro atoms. The van der Waals surface area contributed by atoms with Crippen LogP contribution in [0.4, 0.5) is 5.69 Å². The minimum Gasteiger partial charge on any atom is -0.338 e. The van der Waals surface area contributed by atoms with Gasteiger partial charge in [0.1, 0.15) is 5.92 Å². The highest BCUT2D eigenvalue weighted by atomic mass is 16.2. The molecule has 2 amide bonds. The molecule has 124 valence electrons. The van der Waals surface area contributed by atoms with Gasteiger partial charge in [-0.1, -0.05) is 6.07 Å². The molecule has 2 atom stereocenters. The maximum atomic E-state index is 12.8. The quantitative estimate of drug-likeness (QED) is 0.862. The Morgan fingerprint density at radius 3 is 2.52 bits per heavy atom. The molecule has 1 aromatic rings. The maximum absolute atomic E-state index is 12.8. The lowest BCUT2D eigenvalue weighted by Gasteiger charge is -2.26. The van der Waals surface area contributed by atoms with Crippen molar-refractivity contribution in [3.05, 3.63) is 29.3 Å². The molecule has 0 aromatic heterocycles. The Kier molecular flexibility index (Phi) is 4.39. The summed E-state index contributed by atoms with van der Waals surface area (Å²) < 4.78 is 0. The Hall–Kier alpha value is -1.88. The van der Waals surface area contributed by atoms with Crippen LogP contribution < -0.4 is 10.6 Å².